The molecule has 11 heteroatoms. The molecule has 1 saturated heterocycles. The predicted octanol–water partition coefficient (Wildman–Crippen LogP) is 2.42. The maximum Gasteiger partial charge on any atom is 0.274 e. The number of nitrogens with one attached hydrogen (secondary N) is 1. The highest BCUT2D eigenvalue weighted by molar-refractivity contribution is 5.99. The van der Waals surface area contributed by atoms with Crippen molar-refractivity contribution in [2.75, 3.05) is 6.54 Å². The van der Waals surface area contributed by atoms with Crippen molar-refractivity contribution in [1.82, 2.24) is 14.8 Å². The molecule has 1 fully saturated rings. The third kappa shape index (κ3) is 3.61. The Morgan fingerprint density at radius 2 is 1.84 bits per heavy atom. The molecule has 170 valence electrons. The topological polar surface area (TPSA) is 91.6 Å². The number of benzene rings is 1. The van der Waals surface area contributed by atoms with Crippen molar-refractivity contribution in [1.29, 1.82) is 0 Å². The summed E-state index contributed by atoms with van der Waals surface area (Å²) in [4.78, 5) is 39.4. The highest BCUT2D eigenvalue weighted by atomic mass is 19.1. The van der Waals surface area contributed by atoms with Crippen LogP contribution in [0, 0.1) is 17.5 Å². The molecule has 1 aromatic carbocycles. The van der Waals surface area contributed by atoms with Crippen LogP contribution in [0.2, 0.25) is 0 Å². The maximum atomic E-state index is 14.4. The molecule has 3 unspecified atom stereocenters. The molecule has 0 spiro atoms. The van der Waals surface area contributed by atoms with Crippen LogP contribution in [0.15, 0.2) is 23.1 Å². The number of hydrogen-bond donors (Lipinski definition) is 2. The van der Waals surface area contributed by atoms with Gasteiger partial charge in [0.25, 0.3) is 11.8 Å². The van der Waals surface area contributed by atoms with Crippen molar-refractivity contribution < 1.29 is 32.3 Å². The van der Waals surface area contributed by atoms with Gasteiger partial charge in [0.2, 0.25) is 5.43 Å². The minimum Gasteiger partial charge on any atom is -0.503 e. The summed E-state index contributed by atoms with van der Waals surface area (Å²) in [5, 5.41) is 12.6. The van der Waals surface area contributed by atoms with Crippen molar-refractivity contribution in [3.05, 3.63) is 62.8 Å². The van der Waals surface area contributed by atoms with Gasteiger partial charge in [-0.2, -0.15) is 0 Å². The lowest BCUT2D eigenvalue weighted by atomic mass is 10.0. The summed E-state index contributed by atoms with van der Waals surface area (Å²) in [5.74, 6) is -6.26. The van der Waals surface area contributed by atoms with Crippen LogP contribution in [0.3, 0.4) is 0 Å². The minimum absolute atomic E-state index is 0.0104. The Kier molecular flexibility index (Phi) is 5.43. The Labute approximate surface area is 179 Å². The highest BCUT2D eigenvalue weighted by Crippen LogP contribution is 2.35. The molecule has 2 amide bonds. The summed E-state index contributed by atoms with van der Waals surface area (Å²) >= 11 is 0. The van der Waals surface area contributed by atoms with Gasteiger partial charge in [-0.3, -0.25) is 14.4 Å². The fourth-order valence-electron chi connectivity index (χ4n) is 4.28. The van der Waals surface area contributed by atoms with E-state index in [9.17, 15) is 37.1 Å². The van der Waals surface area contributed by atoms with Crippen LogP contribution in [-0.2, 0) is 6.54 Å². The number of carbonyl (C=O) groups is 2. The van der Waals surface area contributed by atoms with E-state index in [0.717, 1.165) is 6.20 Å². The standard InChI is InChI=1S/C21H19F4N3O4/c1-9-2-10(22)3-12-7-27(9)21(32)17-19(30)18(29)14(8-28(12)17)20(31)26-6-13-15(24)4-11(23)5-16(13)25/h4-5,8-10,12,30H,2-3,6-7H2,1H3,(H,26,31). The Bertz CT molecular complexity index is 1160. The molecule has 2 bridgehead atoms. The fourth-order valence-corrected chi connectivity index (χ4v) is 4.28. The Morgan fingerprint density at radius 3 is 2.50 bits per heavy atom. The number of halogens is 4. The fraction of sp³-hybridized carbons (Fsp3) is 0.381. The quantitative estimate of drug-likeness (QED) is 0.699. The van der Waals surface area contributed by atoms with Gasteiger partial charge in [-0.25, -0.2) is 17.6 Å². The Hall–Kier alpha value is -3.37. The summed E-state index contributed by atoms with van der Waals surface area (Å²) in [7, 11) is 0. The van der Waals surface area contributed by atoms with E-state index in [4.69, 9.17) is 0 Å². The van der Waals surface area contributed by atoms with Gasteiger partial charge < -0.3 is 19.9 Å². The normalized spacial score (nSPS) is 22.3. The molecule has 0 saturated carbocycles. The van der Waals surface area contributed by atoms with Gasteiger partial charge in [0, 0.05) is 49.4 Å². The van der Waals surface area contributed by atoms with E-state index in [1.54, 1.807) is 6.92 Å². The van der Waals surface area contributed by atoms with E-state index in [-0.39, 0.29) is 25.1 Å². The van der Waals surface area contributed by atoms with Crippen molar-refractivity contribution in [3.8, 4) is 5.75 Å². The zero-order chi connectivity index (χ0) is 23.3. The number of aromatic nitrogens is 1. The number of nitrogens with zero attached hydrogens (tertiary/aromatic N) is 2. The monoisotopic (exact) mass is 453 g/mol. The number of pyridine rings is 1. The van der Waals surface area contributed by atoms with Crippen LogP contribution in [0.25, 0.3) is 0 Å². The smallest absolute Gasteiger partial charge is 0.274 e. The number of aromatic hydroxyl groups is 1. The zero-order valence-corrected chi connectivity index (χ0v) is 16.9. The van der Waals surface area contributed by atoms with Crippen molar-refractivity contribution >= 4 is 11.8 Å². The first-order valence-electron chi connectivity index (χ1n) is 9.93. The largest absolute Gasteiger partial charge is 0.503 e. The molecular formula is C21H19F4N3O4. The second-order valence-corrected chi connectivity index (χ2v) is 8.04. The molecule has 2 aliphatic heterocycles. The van der Waals surface area contributed by atoms with E-state index >= 15 is 0 Å². The maximum absolute atomic E-state index is 14.4. The molecule has 32 heavy (non-hydrogen) atoms. The van der Waals surface area contributed by atoms with Crippen LogP contribution in [-0.4, -0.2) is 45.1 Å². The lowest BCUT2D eigenvalue weighted by molar-refractivity contribution is 0.0603. The molecule has 2 N–H and O–H groups in total. The lowest BCUT2D eigenvalue weighted by Gasteiger charge is -2.36. The molecule has 0 radical (unpaired) electrons. The zero-order valence-electron chi connectivity index (χ0n) is 16.9. The van der Waals surface area contributed by atoms with E-state index in [2.05, 4.69) is 5.32 Å². The number of hydrogen-bond acceptors (Lipinski definition) is 4. The second kappa shape index (κ2) is 7.95. The molecule has 4 rings (SSSR count). The van der Waals surface area contributed by atoms with Gasteiger partial charge in [-0.05, 0) is 13.3 Å². The van der Waals surface area contributed by atoms with Gasteiger partial charge in [0.05, 0.1) is 6.04 Å². The third-order valence-corrected chi connectivity index (χ3v) is 5.91. The van der Waals surface area contributed by atoms with Gasteiger partial charge in [0.1, 0.15) is 29.2 Å². The molecule has 1 aromatic heterocycles. The van der Waals surface area contributed by atoms with E-state index in [1.807, 2.05) is 0 Å². The SMILES string of the molecule is CC1CC(F)CC2CN1C(=O)c1c(O)c(=O)c(C(=O)NCc3c(F)cc(F)cc3F)cn12. The highest BCUT2D eigenvalue weighted by Gasteiger charge is 2.41. The first-order chi connectivity index (χ1) is 15.1. The first-order valence-corrected chi connectivity index (χ1v) is 9.93. The number of fused-ring (bicyclic) bond motifs is 4. The third-order valence-electron chi connectivity index (χ3n) is 5.91. The van der Waals surface area contributed by atoms with Gasteiger partial charge >= 0.3 is 0 Å². The Morgan fingerprint density at radius 1 is 1.19 bits per heavy atom. The number of carbonyl (C=O) groups excluding carboxylic acids is 2. The Balaban J connectivity index is 1.69. The van der Waals surface area contributed by atoms with Crippen molar-refractivity contribution in [3.63, 3.8) is 0 Å². The molecule has 7 nitrogen and oxygen atoms in total. The second-order valence-electron chi connectivity index (χ2n) is 8.04. The van der Waals surface area contributed by atoms with Crippen LogP contribution in [0.1, 0.15) is 52.2 Å². The molecule has 2 aromatic rings. The van der Waals surface area contributed by atoms with Gasteiger partial charge in [-0.1, -0.05) is 0 Å². The summed E-state index contributed by atoms with van der Waals surface area (Å²) in [6.07, 6.45) is -0.0744. The summed E-state index contributed by atoms with van der Waals surface area (Å²) < 4.78 is 56.2. The van der Waals surface area contributed by atoms with E-state index in [1.165, 1.54) is 9.47 Å². The van der Waals surface area contributed by atoms with Gasteiger partial charge in [0.15, 0.2) is 11.4 Å². The number of rotatable bonds is 3. The van der Waals surface area contributed by atoms with E-state index in [0.29, 0.717) is 12.1 Å². The molecule has 0 aliphatic carbocycles. The van der Waals surface area contributed by atoms with Crippen LogP contribution in [0.4, 0.5) is 17.6 Å². The molecule has 3 heterocycles. The first kappa shape index (κ1) is 21.8. The summed E-state index contributed by atoms with van der Waals surface area (Å²) in [5.41, 5.74) is -2.68. The van der Waals surface area contributed by atoms with Crippen LogP contribution in [0.5, 0.6) is 5.75 Å². The molecule has 3 atom stereocenters. The molecular weight excluding hydrogens is 434 g/mol. The minimum atomic E-state index is -1.23. The van der Waals surface area contributed by atoms with Gasteiger partial charge in [-0.15, -0.1) is 0 Å². The van der Waals surface area contributed by atoms with Crippen molar-refractivity contribution in [2.24, 2.45) is 0 Å². The number of alkyl halides is 1. The number of amides is 2. The van der Waals surface area contributed by atoms with Crippen LogP contribution < -0.4 is 10.7 Å². The van der Waals surface area contributed by atoms with Crippen molar-refractivity contribution in [2.45, 2.75) is 44.6 Å². The average Bonchev–Trinajstić information content (AvgIpc) is 2.83. The van der Waals surface area contributed by atoms with Crippen LogP contribution >= 0.6 is 0 Å². The summed E-state index contributed by atoms with van der Waals surface area (Å²) in [6.45, 7) is 1.12. The lowest BCUT2D eigenvalue weighted by Crippen LogP contribution is -2.47. The van der Waals surface area contributed by atoms with E-state index < -0.39 is 76.4 Å². The molecule has 2 aliphatic rings. The average molecular weight is 453 g/mol. The predicted molar refractivity (Wildman–Crippen MR) is 104 cm³/mol. The summed E-state index contributed by atoms with van der Waals surface area (Å²) in [6, 6.07) is -0.161.